The monoisotopic (exact) mass is 319 g/mol. The first kappa shape index (κ1) is 17.4. The number of rotatable bonds is 6. The predicted molar refractivity (Wildman–Crippen MR) is 89.5 cm³/mol. The Morgan fingerprint density at radius 1 is 1.35 bits per heavy atom. The summed E-state index contributed by atoms with van der Waals surface area (Å²) in [6.07, 6.45) is 1.91. The molecule has 1 saturated heterocycles. The minimum absolute atomic E-state index is 0.0197. The number of carbonyl (C=O) groups is 2. The molecule has 23 heavy (non-hydrogen) atoms. The number of para-hydroxylation sites is 1. The second-order valence-electron chi connectivity index (χ2n) is 5.88. The largest absolute Gasteiger partial charge is 0.383 e. The summed E-state index contributed by atoms with van der Waals surface area (Å²) in [6, 6.07) is 7.07. The van der Waals surface area contributed by atoms with Crippen molar-refractivity contribution < 1.29 is 14.3 Å². The average Bonchev–Trinajstić information content (AvgIpc) is 2.55. The normalized spacial score (nSPS) is 18.4. The Kier molecular flexibility index (Phi) is 6.55. The van der Waals surface area contributed by atoms with Crippen LogP contribution in [0.25, 0.3) is 0 Å². The van der Waals surface area contributed by atoms with Gasteiger partial charge in [0.2, 0.25) is 5.91 Å². The summed E-state index contributed by atoms with van der Waals surface area (Å²) in [5.41, 5.74) is 1.03. The van der Waals surface area contributed by atoms with Gasteiger partial charge in [-0.3, -0.25) is 9.59 Å². The molecule has 0 unspecified atom stereocenters. The number of amides is 2. The van der Waals surface area contributed by atoms with Crippen molar-refractivity contribution in [2.24, 2.45) is 5.92 Å². The van der Waals surface area contributed by atoms with E-state index in [2.05, 4.69) is 15.5 Å². The molecule has 6 heteroatoms. The summed E-state index contributed by atoms with van der Waals surface area (Å²) < 4.78 is 4.92. The molecule has 2 N–H and O–H groups in total. The Bertz CT molecular complexity index is 548. The highest BCUT2D eigenvalue weighted by Crippen LogP contribution is 2.20. The van der Waals surface area contributed by atoms with Crippen LogP contribution in [0.4, 0.5) is 5.69 Å². The van der Waals surface area contributed by atoms with E-state index >= 15 is 0 Å². The van der Waals surface area contributed by atoms with Crippen molar-refractivity contribution in [1.29, 1.82) is 0 Å². The highest BCUT2D eigenvalue weighted by atomic mass is 16.5. The van der Waals surface area contributed by atoms with Crippen LogP contribution in [0.5, 0.6) is 0 Å². The van der Waals surface area contributed by atoms with Crippen molar-refractivity contribution in [3.05, 3.63) is 29.8 Å². The first-order valence-corrected chi connectivity index (χ1v) is 7.97. The lowest BCUT2D eigenvalue weighted by molar-refractivity contribution is -0.121. The fourth-order valence-electron chi connectivity index (χ4n) is 2.77. The summed E-state index contributed by atoms with van der Waals surface area (Å²) >= 11 is 0. The summed E-state index contributed by atoms with van der Waals surface area (Å²) in [7, 11) is 3.61. The highest BCUT2D eigenvalue weighted by molar-refractivity contribution is 6.04. The van der Waals surface area contributed by atoms with Crippen molar-refractivity contribution in [1.82, 2.24) is 10.2 Å². The highest BCUT2D eigenvalue weighted by Gasteiger charge is 2.24. The van der Waals surface area contributed by atoms with Gasteiger partial charge in [0.1, 0.15) is 0 Å². The number of piperidine rings is 1. The standard InChI is InChI=1S/C17H25N3O3/c1-20-10-5-6-13(12-20)16(21)19-15-8-4-3-7-14(15)17(22)18-9-11-23-2/h3-4,7-8,13H,5-6,9-12H2,1-2H3,(H,18,22)(H,19,21)/t13-/m1/s1. The third kappa shape index (κ3) is 5.04. The van der Waals surface area contributed by atoms with Crippen molar-refractivity contribution in [3.63, 3.8) is 0 Å². The van der Waals surface area contributed by atoms with E-state index in [0.29, 0.717) is 24.4 Å². The van der Waals surface area contributed by atoms with Gasteiger partial charge in [-0.15, -0.1) is 0 Å². The van der Waals surface area contributed by atoms with Gasteiger partial charge in [-0.2, -0.15) is 0 Å². The van der Waals surface area contributed by atoms with Gasteiger partial charge < -0.3 is 20.3 Å². The van der Waals surface area contributed by atoms with Gasteiger partial charge in [0, 0.05) is 20.2 Å². The minimum atomic E-state index is -0.210. The molecule has 0 spiro atoms. The number of nitrogens with one attached hydrogen (secondary N) is 2. The summed E-state index contributed by atoms with van der Waals surface area (Å²) in [5.74, 6) is -0.259. The van der Waals surface area contributed by atoms with Gasteiger partial charge in [0.05, 0.1) is 23.8 Å². The Morgan fingerprint density at radius 3 is 2.87 bits per heavy atom. The SMILES string of the molecule is COCCNC(=O)c1ccccc1NC(=O)[C@@H]1CCCN(C)C1. The van der Waals surface area contributed by atoms with Crippen LogP contribution in [0.15, 0.2) is 24.3 Å². The smallest absolute Gasteiger partial charge is 0.253 e. The maximum absolute atomic E-state index is 12.5. The average molecular weight is 319 g/mol. The van der Waals surface area contributed by atoms with Gasteiger partial charge >= 0.3 is 0 Å². The first-order chi connectivity index (χ1) is 11.1. The number of anilines is 1. The Labute approximate surface area is 137 Å². The van der Waals surface area contributed by atoms with E-state index in [1.54, 1.807) is 25.3 Å². The van der Waals surface area contributed by atoms with Crippen LogP contribution in [0.3, 0.4) is 0 Å². The molecule has 1 aromatic rings. The second-order valence-corrected chi connectivity index (χ2v) is 5.88. The Morgan fingerprint density at radius 2 is 2.13 bits per heavy atom. The van der Waals surface area contributed by atoms with Crippen molar-refractivity contribution in [2.75, 3.05) is 45.7 Å². The molecule has 0 aromatic heterocycles. The fraction of sp³-hybridized carbons (Fsp3) is 0.529. The van der Waals surface area contributed by atoms with E-state index < -0.39 is 0 Å². The van der Waals surface area contributed by atoms with Crippen LogP contribution in [0.1, 0.15) is 23.2 Å². The van der Waals surface area contributed by atoms with E-state index in [4.69, 9.17) is 4.74 Å². The van der Waals surface area contributed by atoms with E-state index in [-0.39, 0.29) is 17.7 Å². The molecule has 126 valence electrons. The third-order valence-electron chi connectivity index (χ3n) is 4.02. The Hall–Kier alpha value is -1.92. The number of nitrogens with zero attached hydrogens (tertiary/aromatic N) is 1. The van der Waals surface area contributed by atoms with Gasteiger partial charge in [0.15, 0.2) is 0 Å². The van der Waals surface area contributed by atoms with Crippen LogP contribution in [-0.4, -0.2) is 57.1 Å². The number of likely N-dealkylation sites (tertiary alicyclic amines) is 1. The molecule has 6 nitrogen and oxygen atoms in total. The number of carbonyl (C=O) groups excluding carboxylic acids is 2. The van der Waals surface area contributed by atoms with E-state index in [1.807, 2.05) is 13.1 Å². The third-order valence-corrected chi connectivity index (χ3v) is 4.02. The molecule has 2 rings (SSSR count). The lowest BCUT2D eigenvalue weighted by Gasteiger charge is -2.28. The fourth-order valence-corrected chi connectivity index (χ4v) is 2.77. The number of hydrogen-bond acceptors (Lipinski definition) is 4. The van der Waals surface area contributed by atoms with Crippen LogP contribution in [0, 0.1) is 5.92 Å². The molecule has 1 atom stereocenters. The van der Waals surface area contributed by atoms with Crippen molar-refractivity contribution in [3.8, 4) is 0 Å². The van der Waals surface area contributed by atoms with Gasteiger partial charge in [-0.1, -0.05) is 12.1 Å². The number of hydrogen-bond donors (Lipinski definition) is 2. The molecular weight excluding hydrogens is 294 g/mol. The molecule has 1 fully saturated rings. The molecule has 1 aliphatic rings. The predicted octanol–water partition coefficient (Wildman–Crippen LogP) is 1.34. The maximum atomic E-state index is 12.5. The van der Waals surface area contributed by atoms with E-state index in [9.17, 15) is 9.59 Å². The molecule has 0 aliphatic carbocycles. The maximum Gasteiger partial charge on any atom is 0.253 e. The zero-order valence-corrected chi connectivity index (χ0v) is 13.8. The lowest BCUT2D eigenvalue weighted by Crippen LogP contribution is -2.38. The molecule has 0 saturated carbocycles. The van der Waals surface area contributed by atoms with Crippen LogP contribution < -0.4 is 10.6 Å². The van der Waals surface area contributed by atoms with Crippen LogP contribution in [0.2, 0.25) is 0 Å². The molecule has 1 aromatic carbocycles. The second kappa shape index (κ2) is 8.64. The van der Waals surface area contributed by atoms with E-state index in [0.717, 1.165) is 25.9 Å². The topological polar surface area (TPSA) is 70.7 Å². The first-order valence-electron chi connectivity index (χ1n) is 7.97. The zero-order valence-electron chi connectivity index (χ0n) is 13.8. The lowest BCUT2D eigenvalue weighted by atomic mass is 9.97. The minimum Gasteiger partial charge on any atom is -0.383 e. The summed E-state index contributed by atoms with van der Waals surface area (Å²) in [5, 5.41) is 5.69. The zero-order chi connectivity index (χ0) is 16.7. The van der Waals surface area contributed by atoms with Crippen LogP contribution >= 0.6 is 0 Å². The molecule has 1 heterocycles. The molecule has 2 amide bonds. The quantitative estimate of drug-likeness (QED) is 0.776. The van der Waals surface area contributed by atoms with Crippen molar-refractivity contribution >= 4 is 17.5 Å². The van der Waals surface area contributed by atoms with Gasteiger partial charge in [0.25, 0.3) is 5.91 Å². The van der Waals surface area contributed by atoms with Crippen LogP contribution in [-0.2, 0) is 9.53 Å². The van der Waals surface area contributed by atoms with Crippen molar-refractivity contribution in [2.45, 2.75) is 12.8 Å². The Balaban J connectivity index is 2.02. The number of methoxy groups -OCH3 is 1. The van der Waals surface area contributed by atoms with Gasteiger partial charge in [-0.25, -0.2) is 0 Å². The molecular formula is C17H25N3O3. The van der Waals surface area contributed by atoms with E-state index in [1.165, 1.54) is 0 Å². The number of ether oxygens (including phenoxy) is 1. The van der Waals surface area contributed by atoms with Gasteiger partial charge in [-0.05, 0) is 38.6 Å². The summed E-state index contributed by atoms with van der Waals surface area (Å²) in [6.45, 7) is 2.68. The molecule has 0 radical (unpaired) electrons. The molecule has 1 aliphatic heterocycles. The summed E-state index contributed by atoms with van der Waals surface area (Å²) in [4.78, 5) is 26.8. The number of benzene rings is 1. The molecule has 0 bridgehead atoms.